The molecule has 0 spiro atoms. The highest BCUT2D eigenvalue weighted by Crippen LogP contribution is 2.21. The van der Waals surface area contributed by atoms with E-state index in [9.17, 15) is 4.79 Å². The van der Waals surface area contributed by atoms with Gasteiger partial charge >= 0.3 is 0 Å². The summed E-state index contributed by atoms with van der Waals surface area (Å²) in [7, 11) is 0. The summed E-state index contributed by atoms with van der Waals surface area (Å²) in [5.74, 6) is -0.0856. The standard InChI is InChI=1S/C18H19N3O/c19-10-11-20-18(22)17-12-15-8-4-5-9-16(15)21(17)13-14-6-2-1-3-7-14/h1-9,12H,10-11,13,19H2,(H,20,22). The molecule has 0 atom stereocenters. The third-order valence-corrected chi connectivity index (χ3v) is 3.66. The highest BCUT2D eigenvalue weighted by molar-refractivity contribution is 5.98. The molecule has 112 valence electrons. The zero-order chi connectivity index (χ0) is 15.4. The number of nitrogens with zero attached hydrogens (tertiary/aromatic N) is 1. The summed E-state index contributed by atoms with van der Waals surface area (Å²) < 4.78 is 2.05. The van der Waals surface area contributed by atoms with Crippen molar-refractivity contribution in [1.82, 2.24) is 9.88 Å². The normalized spacial score (nSPS) is 10.8. The van der Waals surface area contributed by atoms with E-state index in [0.717, 1.165) is 16.5 Å². The molecule has 4 nitrogen and oxygen atoms in total. The Hall–Kier alpha value is -2.59. The molecule has 0 aliphatic rings. The lowest BCUT2D eigenvalue weighted by molar-refractivity contribution is 0.0946. The molecule has 22 heavy (non-hydrogen) atoms. The van der Waals surface area contributed by atoms with Gasteiger partial charge in [0.15, 0.2) is 0 Å². The van der Waals surface area contributed by atoms with E-state index in [-0.39, 0.29) is 5.91 Å². The van der Waals surface area contributed by atoms with Crippen molar-refractivity contribution in [3.8, 4) is 0 Å². The van der Waals surface area contributed by atoms with Crippen molar-refractivity contribution in [2.75, 3.05) is 13.1 Å². The van der Waals surface area contributed by atoms with E-state index >= 15 is 0 Å². The molecule has 0 saturated heterocycles. The van der Waals surface area contributed by atoms with Crippen LogP contribution in [0, 0.1) is 0 Å². The van der Waals surface area contributed by atoms with Crippen LogP contribution in [-0.4, -0.2) is 23.6 Å². The first-order chi connectivity index (χ1) is 10.8. The summed E-state index contributed by atoms with van der Waals surface area (Å²) in [6.07, 6.45) is 0. The molecule has 0 bridgehead atoms. The number of carbonyl (C=O) groups is 1. The predicted octanol–water partition coefficient (Wildman–Crippen LogP) is 2.38. The first-order valence-corrected chi connectivity index (χ1v) is 7.40. The third-order valence-electron chi connectivity index (χ3n) is 3.66. The molecule has 0 radical (unpaired) electrons. The maximum Gasteiger partial charge on any atom is 0.267 e. The molecular weight excluding hydrogens is 274 g/mol. The summed E-state index contributed by atoms with van der Waals surface area (Å²) in [5, 5.41) is 3.92. The van der Waals surface area contributed by atoms with Gasteiger partial charge in [-0.3, -0.25) is 4.79 Å². The van der Waals surface area contributed by atoms with Gasteiger partial charge in [-0.25, -0.2) is 0 Å². The Kier molecular flexibility index (Phi) is 4.21. The highest BCUT2D eigenvalue weighted by Gasteiger charge is 2.15. The first-order valence-electron chi connectivity index (χ1n) is 7.40. The minimum absolute atomic E-state index is 0.0856. The molecule has 3 rings (SSSR count). The van der Waals surface area contributed by atoms with Crippen LogP contribution in [-0.2, 0) is 6.54 Å². The molecule has 3 aromatic rings. The fourth-order valence-electron chi connectivity index (χ4n) is 2.61. The van der Waals surface area contributed by atoms with Crippen LogP contribution < -0.4 is 11.1 Å². The molecule has 1 aromatic heterocycles. The average Bonchev–Trinajstić information content (AvgIpc) is 2.92. The van der Waals surface area contributed by atoms with Gasteiger partial charge < -0.3 is 15.6 Å². The van der Waals surface area contributed by atoms with E-state index in [0.29, 0.717) is 25.3 Å². The van der Waals surface area contributed by atoms with Crippen LogP contribution in [0.2, 0.25) is 0 Å². The Balaban J connectivity index is 2.03. The molecule has 0 aliphatic carbocycles. The second-order valence-electron chi connectivity index (χ2n) is 5.20. The van der Waals surface area contributed by atoms with E-state index in [1.165, 1.54) is 0 Å². The van der Waals surface area contributed by atoms with Gasteiger partial charge in [0.2, 0.25) is 0 Å². The van der Waals surface area contributed by atoms with Gasteiger partial charge in [-0.05, 0) is 17.7 Å². The van der Waals surface area contributed by atoms with Crippen molar-refractivity contribution in [2.45, 2.75) is 6.54 Å². The van der Waals surface area contributed by atoms with Crippen molar-refractivity contribution in [3.05, 3.63) is 71.9 Å². The van der Waals surface area contributed by atoms with Gasteiger partial charge in [-0.15, -0.1) is 0 Å². The highest BCUT2D eigenvalue weighted by atomic mass is 16.1. The third kappa shape index (κ3) is 2.87. The SMILES string of the molecule is NCCNC(=O)c1cc2ccccc2n1Cc1ccccc1. The summed E-state index contributed by atoms with van der Waals surface area (Å²) in [6.45, 7) is 1.58. The van der Waals surface area contributed by atoms with Gasteiger partial charge in [0.25, 0.3) is 5.91 Å². The molecule has 3 N–H and O–H groups in total. The van der Waals surface area contributed by atoms with E-state index in [1.54, 1.807) is 0 Å². The van der Waals surface area contributed by atoms with Crippen LogP contribution in [0.1, 0.15) is 16.1 Å². The van der Waals surface area contributed by atoms with Crippen LogP contribution >= 0.6 is 0 Å². The number of amides is 1. The quantitative estimate of drug-likeness (QED) is 0.759. The molecule has 0 fully saturated rings. The minimum atomic E-state index is -0.0856. The summed E-state index contributed by atoms with van der Waals surface area (Å²) in [5.41, 5.74) is 8.36. The van der Waals surface area contributed by atoms with Gasteiger partial charge in [0.1, 0.15) is 5.69 Å². The lowest BCUT2D eigenvalue weighted by atomic mass is 10.2. The van der Waals surface area contributed by atoms with Gasteiger partial charge in [0, 0.05) is 30.5 Å². The number of nitrogens with two attached hydrogens (primary N) is 1. The van der Waals surface area contributed by atoms with Crippen molar-refractivity contribution < 1.29 is 4.79 Å². The average molecular weight is 293 g/mol. The van der Waals surface area contributed by atoms with E-state index in [2.05, 4.69) is 22.0 Å². The fraction of sp³-hybridized carbons (Fsp3) is 0.167. The van der Waals surface area contributed by atoms with Gasteiger partial charge in [-0.2, -0.15) is 0 Å². The lowest BCUT2D eigenvalue weighted by Gasteiger charge is -2.11. The van der Waals surface area contributed by atoms with Crippen molar-refractivity contribution in [1.29, 1.82) is 0 Å². The molecule has 4 heteroatoms. The summed E-state index contributed by atoms with van der Waals surface area (Å²) in [4.78, 5) is 12.4. The number of hydrogen-bond donors (Lipinski definition) is 2. The van der Waals surface area contributed by atoms with Crippen molar-refractivity contribution in [2.24, 2.45) is 5.73 Å². The number of aromatic nitrogens is 1. The van der Waals surface area contributed by atoms with E-state index in [4.69, 9.17) is 5.73 Å². The molecular formula is C18H19N3O. The van der Waals surface area contributed by atoms with Crippen LogP contribution in [0.4, 0.5) is 0 Å². The Morgan fingerprint density at radius 1 is 1.05 bits per heavy atom. The van der Waals surface area contributed by atoms with Crippen LogP contribution in [0.15, 0.2) is 60.7 Å². The molecule has 0 unspecified atom stereocenters. The lowest BCUT2D eigenvalue weighted by Crippen LogP contribution is -2.30. The number of fused-ring (bicyclic) bond motifs is 1. The molecule has 2 aromatic carbocycles. The summed E-state index contributed by atoms with van der Waals surface area (Å²) >= 11 is 0. The second kappa shape index (κ2) is 6.45. The monoisotopic (exact) mass is 293 g/mol. The molecule has 1 heterocycles. The molecule has 1 amide bonds. The van der Waals surface area contributed by atoms with E-state index in [1.807, 2.05) is 48.5 Å². The largest absolute Gasteiger partial charge is 0.349 e. The predicted molar refractivity (Wildman–Crippen MR) is 88.9 cm³/mol. The van der Waals surface area contributed by atoms with Crippen LogP contribution in [0.5, 0.6) is 0 Å². The fourth-order valence-corrected chi connectivity index (χ4v) is 2.61. The number of rotatable bonds is 5. The smallest absolute Gasteiger partial charge is 0.267 e. The summed E-state index contributed by atoms with van der Waals surface area (Å²) in [6, 6.07) is 20.1. The number of benzene rings is 2. The Bertz CT molecular complexity index is 777. The Morgan fingerprint density at radius 2 is 1.77 bits per heavy atom. The number of carbonyl (C=O) groups excluding carboxylic acids is 1. The minimum Gasteiger partial charge on any atom is -0.349 e. The zero-order valence-corrected chi connectivity index (χ0v) is 12.3. The Labute approximate surface area is 129 Å². The number of para-hydroxylation sites is 1. The van der Waals surface area contributed by atoms with Crippen molar-refractivity contribution in [3.63, 3.8) is 0 Å². The number of nitrogens with one attached hydrogen (secondary N) is 1. The van der Waals surface area contributed by atoms with Gasteiger partial charge in [-0.1, -0.05) is 48.5 Å². The van der Waals surface area contributed by atoms with Gasteiger partial charge in [0.05, 0.1) is 0 Å². The Morgan fingerprint density at radius 3 is 2.55 bits per heavy atom. The van der Waals surface area contributed by atoms with Crippen LogP contribution in [0.25, 0.3) is 10.9 Å². The number of hydrogen-bond acceptors (Lipinski definition) is 2. The maximum absolute atomic E-state index is 12.4. The molecule has 0 aliphatic heterocycles. The van der Waals surface area contributed by atoms with Crippen LogP contribution in [0.3, 0.4) is 0 Å². The van der Waals surface area contributed by atoms with Crippen molar-refractivity contribution >= 4 is 16.8 Å². The van der Waals surface area contributed by atoms with E-state index < -0.39 is 0 Å². The topological polar surface area (TPSA) is 60.0 Å². The maximum atomic E-state index is 12.4. The first kappa shape index (κ1) is 14.4. The second-order valence-corrected chi connectivity index (χ2v) is 5.20. The zero-order valence-electron chi connectivity index (χ0n) is 12.3. The molecule has 0 saturated carbocycles.